The molecule has 1 amide bonds. The van der Waals surface area contributed by atoms with Crippen molar-refractivity contribution in [3.63, 3.8) is 0 Å². The van der Waals surface area contributed by atoms with E-state index >= 15 is 0 Å². The first-order valence-corrected chi connectivity index (χ1v) is 8.49. The van der Waals surface area contributed by atoms with E-state index in [0.717, 1.165) is 10.9 Å². The number of carbonyl (C=O) groups is 1. The molecule has 0 aliphatic heterocycles. The number of aromatic amines is 1. The number of nitrogens with zero attached hydrogens (tertiary/aromatic N) is 1. The zero-order valence-electron chi connectivity index (χ0n) is 13.3. The van der Waals surface area contributed by atoms with Gasteiger partial charge in [-0.1, -0.05) is 24.3 Å². The molecule has 3 rings (SSSR count). The van der Waals surface area contributed by atoms with Gasteiger partial charge >= 0.3 is 0 Å². The molecular weight excluding hydrogens is 324 g/mol. The van der Waals surface area contributed by atoms with E-state index in [-0.39, 0.29) is 18.0 Å². The van der Waals surface area contributed by atoms with Crippen molar-refractivity contribution in [2.75, 3.05) is 20.3 Å². The number of aromatic nitrogens is 1. The number of hydrogen-bond donors (Lipinski definition) is 1. The van der Waals surface area contributed by atoms with E-state index in [0.29, 0.717) is 23.6 Å². The summed E-state index contributed by atoms with van der Waals surface area (Å²) in [7, 11) is 1.59. The lowest BCUT2D eigenvalue weighted by Gasteiger charge is -2.21. The minimum absolute atomic E-state index is 0.0883. The van der Waals surface area contributed by atoms with E-state index in [1.807, 2.05) is 41.8 Å². The van der Waals surface area contributed by atoms with Gasteiger partial charge in [0.1, 0.15) is 0 Å². The maximum absolute atomic E-state index is 12.7. The molecule has 1 aromatic carbocycles. The predicted octanol–water partition coefficient (Wildman–Crippen LogP) is 2.88. The van der Waals surface area contributed by atoms with Crippen molar-refractivity contribution in [3.8, 4) is 0 Å². The van der Waals surface area contributed by atoms with Gasteiger partial charge < -0.3 is 14.6 Å². The van der Waals surface area contributed by atoms with Gasteiger partial charge in [-0.25, -0.2) is 0 Å². The van der Waals surface area contributed by atoms with Crippen LogP contribution in [-0.2, 0) is 11.3 Å². The molecular formula is C18H18N2O3S. The number of methoxy groups -OCH3 is 1. The zero-order chi connectivity index (χ0) is 16.9. The fourth-order valence-corrected chi connectivity index (χ4v) is 3.22. The van der Waals surface area contributed by atoms with Crippen molar-refractivity contribution in [3.05, 3.63) is 68.6 Å². The Kier molecular flexibility index (Phi) is 5.08. The molecule has 0 spiro atoms. The molecule has 0 aliphatic carbocycles. The number of hydrogen-bond acceptors (Lipinski definition) is 4. The first-order chi connectivity index (χ1) is 11.7. The standard InChI is InChI=1S/C18H18N2O3S/c1-23-9-8-20(18(22)16-7-4-10-24-16)12-14-11-13-5-2-3-6-15(13)19-17(14)21/h2-7,10-11H,8-9,12H2,1H3,(H,19,21). The highest BCUT2D eigenvalue weighted by atomic mass is 32.1. The number of ether oxygens (including phenoxy) is 1. The fraction of sp³-hybridized carbons (Fsp3) is 0.222. The maximum Gasteiger partial charge on any atom is 0.264 e. The normalized spacial score (nSPS) is 10.9. The summed E-state index contributed by atoms with van der Waals surface area (Å²) in [6, 6.07) is 13.1. The summed E-state index contributed by atoms with van der Waals surface area (Å²) >= 11 is 1.39. The second-order valence-corrected chi connectivity index (χ2v) is 6.36. The predicted molar refractivity (Wildman–Crippen MR) is 95.5 cm³/mol. The third-order valence-electron chi connectivity index (χ3n) is 3.78. The minimum Gasteiger partial charge on any atom is -0.383 e. The highest BCUT2D eigenvalue weighted by molar-refractivity contribution is 7.12. The van der Waals surface area contributed by atoms with Crippen LogP contribution >= 0.6 is 11.3 Å². The summed E-state index contributed by atoms with van der Waals surface area (Å²) in [5, 5.41) is 2.81. The Bertz CT molecular complexity index is 887. The summed E-state index contributed by atoms with van der Waals surface area (Å²) in [6.45, 7) is 1.10. The van der Waals surface area contributed by atoms with E-state index in [1.165, 1.54) is 11.3 Å². The number of para-hydroxylation sites is 1. The van der Waals surface area contributed by atoms with Crippen molar-refractivity contribution in [1.29, 1.82) is 0 Å². The minimum atomic E-state index is -0.171. The van der Waals surface area contributed by atoms with E-state index in [1.54, 1.807) is 18.1 Å². The number of fused-ring (bicyclic) bond motifs is 1. The number of rotatable bonds is 6. The topological polar surface area (TPSA) is 62.4 Å². The van der Waals surface area contributed by atoms with Crippen molar-refractivity contribution in [1.82, 2.24) is 9.88 Å². The van der Waals surface area contributed by atoms with Crippen LogP contribution in [0.2, 0.25) is 0 Å². The van der Waals surface area contributed by atoms with Gasteiger partial charge in [0.15, 0.2) is 0 Å². The average molecular weight is 342 g/mol. The Balaban J connectivity index is 1.90. The summed E-state index contributed by atoms with van der Waals surface area (Å²) in [5.41, 5.74) is 1.18. The van der Waals surface area contributed by atoms with Crippen LogP contribution in [0, 0.1) is 0 Å². The smallest absolute Gasteiger partial charge is 0.264 e. The molecule has 2 aromatic heterocycles. The van der Waals surface area contributed by atoms with Gasteiger partial charge in [0.2, 0.25) is 0 Å². The number of benzene rings is 1. The van der Waals surface area contributed by atoms with Gasteiger partial charge in [-0.15, -0.1) is 11.3 Å². The van der Waals surface area contributed by atoms with Crippen molar-refractivity contribution >= 4 is 28.1 Å². The van der Waals surface area contributed by atoms with Crippen LogP contribution in [0.25, 0.3) is 10.9 Å². The fourth-order valence-electron chi connectivity index (χ4n) is 2.53. The molecule has 6 heteroatoms. The zero-order valence-corrected chi connectivity index (χ0v) is 14.1. The lowest BCUT2D eigenvalue weighted by atomic mass is 10.1. The van der Waals surface area contributed by atoms with E-state index in [4.69, 9.17) is 4.74 Å². The van der Waals surface area contributed by atoms with Crippen LogP contribution in [0.1, 0.15) is 15.2 Å². The second-order valence-electron chi connectivity index (χ2n) is 5.41. The molecule has 0 saturated carbocycles. The van der Waals surface area contributed by atoms with Crippen molar-refractivity contribution in [2.45, 2.75) is 6.54 Å². The molecule has 0 unspecified atom stereocenters. The molecule has 0 bridgehead atoms. The van der Waals surface area contributed by atoms with Crippen LogP contribution in [-0.4, -0.2) is 36.1 Å². The van der Waals surface area contributed by atoms with Gasteiger partial charge in [-0.3, -0.25) is 9.59 Å². The van der Waals surface area contributed by atoms with Gasteiger partial charge in [-0.2, -0.15) is 0 Å². The van der Waals surface area contributed by atoms with Gasteiger partial charge in [0, 0.05) is 24.7 Å². The average Bonchev–Trinajstić information content (AvgIpc) is 3.13. The SMILES string of the molecule is COCCN(Cc1cc2ccccc2[nH]c1=O)C(=O)c1cccs1. The number of H-pyrrole nitrogens is 1. The lowest BCUT2D eigenvalue weighted by Crippen LogP contribution is -2.35. The lowest BCUT2D eigenvalue weighted by molar-refractivity contribution is 0.0684. The monoisotopic (exact) mass is 342 g/mol. The first-order valence-electron chi connectivity index (χ1n) is 7.61. The van der Waals surface area contributed by atoms with Gasteiger partial charge in [0.05, 0.1) is 18.0 Å². The number of thiophene rings is 1. The largest absolute Gasteiger partial charge is 0.383 e. The molecule has 24 heavy (non-hydrogen) atoms. The third-order valence-corrected chi connectivity index (χ3v) is 4.63. The Morgan fingerprint density at radius 2 is 2.08 bits per heavy atom. The number of nitrogens with one attached hydrogen (secondary N) is 1. The third kappa shape index (κ3) is 3.55. The van der Waals surface area contributed by atoms with Crippen molar-refractivity contribution in [2.24, 2.45) is 0 Å². The van der Waals surface area contributed by atoms with Gasteiger partial charge in [-0.05, 0) is 29.0 Å². The molecule has 0 fully saturated rings. The molecule has 0 saturated heterocycles. The molecule has 3 aromatic rings. The Morgan fingerprint density at radius 3 is 2.83 bits per heavy atom. The molecule has 2 heterocycles. The summed E-state index contributed by atoms with van der Waals surface area (Å²) < 4.78 is 5.10. The van der Waals surface area contributed by atoms with Crippen LogP contribution in [0.4, 0.5) is 0 Å². The molecule has 5 nitrogen and oxygen atoms in total. The quantitative estimate of drug-likeness (QED) is 0.749. The molecule has 0 atom stereocenters. The Labute approximate surface area is 143 Å². The highest BCUT2D eigenvalue weighted by Crippen LogP contribution is 2.15. The number of carbonyl (C=O) groups excluding carboxylic acids is 1. The van der Waals surface area contributed by atoms with Crippen LogP contribution < -0.4 is 5.56 Å². The molecule has 0 radical (unpaired) electrons. The van der Waals surface area contributed by atoms with E-state index in [9.17, 15) is 9.59 Å². The first kappa shape index (κ1) is 16.4. The maximum atomic E-state index is 12.7. The summed E-state index contributed by atoms with van der Waals surface area (Å²) in [5.74, 6) is -0.0883. The Hall–Kier alpha value is -2.44. The van der Waals surface area contributed by atoms with Crippen LogP contribution in [0.15, 0.2) is 52.6 Å². The van der Waals surface area contributed by atoms with E-state index in [2.05, 4.69) is 4.98 Å². The van der Waals surface area contributed by atoms with Crippen LogP contribution in [0.3, 0.4) is 0 Å². The molecule has 0 aliphatic rings. The molecule has 124 valence electrons. The Morgan fingerprint density at radius 1 is 1.25 bits per heavy atom. The number of amides is 1. The number of pyridine rings is 1. The molecule has 1 N–H and O–H groups in total. The van der Waals surface area contributed by atoms with Crippen molar-refractivity contribution < 1.29 is 9.53 Å². The van der Waals surface area contributed by atoms with E-state index < -0.39 is 0 Å². The van der Waals surface area contributed by atoms with Crippen LogP contribution in [0.5, 0.6) is 0 Å². The summed E-state index contributed by atoms with van der Waals surface area (Å²) in [4.78, 5) is 30.2. The summed E-state index contributed by atoms with van der Waals surface area (Å²) in [6.07, 6.45) is 0. The second kappa shape index (κ2) is 7.42. The van der Waals surface area contributed by atoms with Gasteiger partial charge in [0.25, 0.3) is 11.5 Å². The highest BCUT2D eigenvalue weighted by Gasteiger charge is 2.18.